The molecule has 0 radical (unpaired) electrons. The molecule has 0 aromatic rings. The van der Waals surface area contributed by atoms with Crippen LogP contribution >= 0.6 is 0 Å². The van der Waals surface area contributed by atoms with Crippen molar-refractivity contribution in [3.63, 3.8) is 0 Å². The molecule has 5 aliphatic heterocycles. The van der Waals surface area contributed by atoms with Gasteiger partial charge in [-0.15, -0.1) is 0 Å². The fourth-order valence-corrected chi connectivity index (χ4v) is 7.24. The number of carbonyl (C=O) groups excluding carboxylic acids is 1. The van der Waals surface area contributed by atoms with Gasteiger partial charge in [0.25, 0.3) is 0 Å². The van der Waals surface area contributed by atoms with E-state index in [0.29, 0.717) is 24.9 Å². The van der Waals surface area contributed by atoms with E-state index in [1.807, 2.05) is 36.5 Å². The predicted octanol–water partition coefficient (Wildman–Crippen LogP) is 6.10. The molecule has 1 saturated carbocycles. The highest BCUT2D eigenvalue weighted by Gasteiger charge is 2.45. The summed E-state index contributed by atoms with van der Waals surface area (Å²) < 4.78 is 24.2. The van der Waals surface area contributed by atoms with Crippen LogP contribution in [0.5, 0.6) is 0 Å². The number of fused-ring (bicyclic) bond motifs is 13. The van der Waals surface area contributed by atoms with Crippen LogP contribution in [0.2, 0.25) is 0 Å². The van der Waals surface area contributed by atoms with Crippen molar-refractivity contribution in [3.8, 4) is 0 Å². The molecule has 7 bridgehead atoms. The predicted molar refractivity (Wildman–Crippen MR) is 175 cm³/mol. The first-order valence-electron chi connectivity index (χ1n) is 17.0. The first-order valence-corrected chi connectivity index (χ1v) is 17.0. The number of allylic oxidation sites excluding steroid dienone is 7. The van der Waals surface area contributed by atoms with Crippen molar-refractivity contribution < 1.29 is 34.0 Å². The highest BCUT2D eigenvalue weighted by atomic mass is 16.6. The van der Waals surface area contributed by atoms with Crippen LogP contribution in [0.4, 0.5) is 0 Å². The van der Waals surface area contributed by atoms with Gasteiger partial charge in [0.1, 0.15) is 12.2 Å². The molecule has 246 valence electrons. The first-order chi connectivity index (χ1) is 21.9. The molecule has 7 nitrogen and oxygen atoms in total. The van der Waals surface area contributed by atoms with Gasteiger partial charge in [-0.1, -0.05) is 86.8 Å². The fourth-order valence-electron chi connectivity index (χ4n) is 7.24. The molecule has 12 atom stereocenters. The molecule has 6 unspecified atom stereocenters. The Balaban J connectivity index is 1.23. The summed E-state index contributed by atoms with van der Waals surface area (Å²) in [4.78, 5) is 12.2. The van der Waals surface area contributed by atoms with Crippen molar-refractivity contribution in [2.45, 2.75) is 114 Å². The largest absolute Gasteiger partial charge is 0.452 e. The zero-order chi connectivity index (χ0) is 31.6. The third kappa shape index (κ3) is 9.97. The zero-order valence-corrected chi connectivity index (χ0v) is 26.8. The van der Waals surface area contributed by atoms with Gasteiger partial charge in [0.15, 0.2) is 0 Å². The lowest BCUT2D eigenvalue weighted by molar-refractivity contribution is -0.144. The Morgan fingerprint density at radius 3 is 2.33 bits per heavy atom. The Labute approximate surface area is 269 Å². The molecule has 0 aromatic carbocycles. The smallest absolute Gasteiger partial charge is 0.331 e. The Hall–Kier alpha value is -2.55. The number of carbonyl (C=O) groups is 1. The maximum atomic E-state index is 12.2. The molecule has 5 heterocycles. The van der Waals surface area contributed by atoms with Gasteiger partial charge < -0.3 is 29.2 Å². The summed E-state index contributed by atoms with van der Waals surface area (Å²) >= 11 is 0. The van der Waals surface area contributed by atoms with E-state index in [1.165, 1.54) is 6.08 Å². The topological polar surface area (TPSA) is 94.5 Å². The first kappa shape index (κ1) is 33.8. The van der Waals surface area contributed by atoms with Crippen molar-refractivity contribution in [2.24, 2.45) is 23.7 Å². The SMILES string of the molecule is CC1C2C[C@@H]3O[C@H]1/C=C/CC1CC(C[C@@H](O)/C=C/CC/C=C/C[C@H]4C=C[C@@H](CO4)OC(=O)\C=C/C=C\C=C\C3O2)C[C@H](O)C1C. The monoisotopic (exact) mass is 620 g/mol. The highest BCUT2D eigenvalue weighted by Crippen LogP contribution is 2.40. The van der Waals surface area contributed by atoms with E-state index in [-0.39, 0.29) is 48.5 Å². The lowest BCUT2D eigenvalue weighted by atomic mass is 9.70. The summed E-state index contributed by atoms with van der Waals surface area (Å²) in [6, 6.07) is 0. The van der Waals surface area contributed by atoms with E-state index < -0.39 is 18.2 Å². The molecule has 2 N–H and O–H groups in total. The average Bonchev–Trinajstić information content (AvgIpc) is 3.37. The Morgan fingerprint density at radius 1 is 0.689 bits per heavy atom. The van der Waals surface area contributed by atoms with Crippen molar-refractivity contribution in [3.05, 3.63) is 85.1 Å². The maximum Gasteiger partial charge on any atom is 0.331 e. The third-order valence-electron chi connectivity index (χ3n) is 10.0. The quantitative estimate of drug-likeness (QED) is 0.250. The molecule has 2 saturated heterocycles. The molecule has 1 aliphatic carbocycles. The second-order valence-electron chi connectivity index (χ2n) is 13.4. The fraction of sp³-hybridized carbons (Fsp3) is 0.605. The second kappa shape index (κ2) is 16.8. The average molecular weight is 621 g/mol. The van der Waals surface area contributed by atoms with Gasteiger partial charge in [0.2, 0.25) is 0 Å². The van der Waals surface area contributed by atoms with Gasteiger partial charge in [0, 0.05) is 18.4 Å². The van der Waals surface area contributed by atoms with Crippen molar-refractivity contribution >= 4 is 5.97 Å². The summed E-state index contributed by atoms with van der Waals surface area (Å²) in [7, 11) is 0. The van der Waals surface area contributed by atoms with Gasteiger partial charge in [-0.25, -0.2) is 4.79 Å². The van der Waals surface area contributed by atoms with Crippen LogP contribution in [0.1, 0.15) is 65.2 Å². The van der Waals surface area contributed by atoms with Gasteiger partial charge in [-0.05, 0) is 68.8 Å². The molecule has 45 heavy (non-hydrogen) atoms. The Kier molecular flexibility index (Phi) is 12.7. The number of aliphatic hydroxyl groups excluding tert-OH is 2. The Morgan fingerprint density at radius 2 is 1.49 bits per heavy atom. The van der Waals surface area contributed by atoms with E-state index in [4.69, 9.17) is 18.9 Å². The molecule has 0 amide bonds. The van der Waals surface area contributed by atoms with E-state index >= 15 is 0 Å². The van der Waals surface area contributed by atoms with E-state index in [1.54, 1.807) is 12.2 Å². The second-order valence-corrected chi connectivity index (χ2v) is 13.4. The van der Waals surface area contributed by atoms with Crippen molar-refractivity contribution in [2.75, 3.05) is 6.61 Å². The van der Waals surface area contributed by atoms with Crippen LogP contribution in [-0.2, 0) is 23.7 Å². The van der Waals surface area contributed by atoms with Gasteiger partial charge in [-0.3, -0.25) is 0 Å². The molecule has 3 fully saturated rings. The summed E-state index contributed by atoms with van der Waals surface area (Å²) in [6.07, 6.45) is 32.8. The highest BCUT2D eigenvalue weighted by molar-refractivity contribution is 5.82. The van der Waals surface area contributed by atoms with Crippen LogP contribution in [0, 0.1) is 23.7 Å². The number of hydrogen-bond acceptors (Lipinski definition) is 7. The molecule has 0 spiro atoms. The molecular formula is C38H52O7. The molecule has 7 heteroatoms. The summed E-state index contributed by atoms with van der Waals surface area (Å²) in [5.41, 5.74) is 0. The van der Waals surface area contributed by atoms with Gasteiger partial charge >= 0.3 is 5.97 Å². The van der Waals surface area contributed by atoms with Crippen LogP contribution in [0.25, 0.3) is 0 Å². The lowest BCUT2D eigenvalue weighted by Gasteiger charge is -2.38. The minimum Gasteiger partial charge on any atom is -0.452 e. The number of aliphatic hydroxyl groups is 2. The summed E-state index contributed by atoms with van der Waals surface area (Å²) in [5.74, 6) is 0.755. The van der Waals surface area contributed by atoms with Gasteiger partial charge in [0.05, 0.1) is 43.2 Å². The van der Waals surface area contributed by atoms with E-state index in [2.05, 4.69) is 44.2 Å². The van der Waals surface area contributed by atoms with Crippen LogP contribution in [0.15, 0.2) is 85.1 Å². The van der Waals surface area contributed by atoms with Gasteiger partial charge in [-0.2, -0.15) is 0 Å². The van der Waals surface area contributed by atoms with Crippen LogP contribution < -0.4 is 0 Å². The number of rotatable bonds is 0. The number of ether oxygens (including phenoxy) is 4. The standard InChI is InChI=1S/C38H52O7/c1-26-29-13-12-17-34-27(2)36-24-37(44-34)35(45-36)16-10-6-7-11-18-38(41)43-32-20-19-31(42-25-32)15-9-5-3-4-8-14-30(39)22-28(21-29)23-33(26)40/h5-12,14,16-20,26-37,39-40H,3-4,13,15,21-25H2,1-2H3/b7-6-,9-5+,14-8+,16-10+,17-12+,18-11-/t26?,27?,28?,29?,30-,31-,32-,33-,34-,35?,36?,37-/m0/s1. The third-order valence-corrected chi connectivity index (χ3v) is 10.0. The lowest BCUT2D eigenvalue weighted by Crippen LogP contribution is -2.37. The molecule has 0 aromatic heterocycles. The Bertz CT molecular complexity index is 1160. The van der Waals surface area contributed by atoms with Crippen LogP contribution in [-0.4, -0.2) is 71.6 Å². The maximum absolute atomic E-state index is 12.2. The normalized spacial score (nSPS) is 45.9. The van der Waals surface area contributed by atoms with Crippen LogP contribution in [0.3, 0.4) is 0 Å². The minimum absolute atomic E-state index is 0.00186. The zero-order valence-electron chi connectivity index (χ0n) is 26.8. The number of esters is 1. The molecule has 6 aliphatic rings. The summed E-state index contributed by atoms with van der Waals surface area (Å²) in [5, 5.41) is 21.6. The molecular weight excluding hydrogens is 568 g/mol. The summed E-state index contributed by atoms with van der Waals surface area (Å²) in [6.45, 7) is 4.69. The van der Waals surface area contributed by atoms with E-state index in [9.17, 15) is 15.0 Å². The molecule has 6 rings (SSSR count). The van der Waals surface area contributed by atoms with Crippen molar-refractivity contribution in [1.82, 2.24) is 0 Å². The van der Waals surface area contributed by atoms with E-state index in [0.717, 1.165) is 44.9 Å². The number of hydrogen-bond donors (Lipinski definition) is 2. The van der Waals surface area contributed by atoms with Crippen molar-refractivity contribution in [1.29, 1.82) is 0 Å². The minimum atomic E-state index is -0.497.